The first kappa shape index (κ1) is 21.7. The topological polar surface area (TPSA) is 27.3 Å². The first-order valence-corrected chi connectivity index (χ1v) is 12.3. The van der Waals surface area contributed by atoms with Crippen molar-refractivity contribution in [1.29, 1.82) is 0 Å². The highest BCUT2D eigenvalue weighted by molar-refractivity contribution is 8.03. The third-order valence-corrected chi connectivity index (χ3v) is 7.43. The summed E-state index contributed by atoms with van der Waals surface area (Å²) in [6.45, 7) is 5.18. The van der Waals surface area contributed by atoms with Crippen molar-refractivity contribution in [2.24, 2.45) is 7.05 Å². The van der Waals surface area contributed by atoms with Crippen LogP contribution in [0.15, 0.2) is 88.8 Å². The number of fused-ring (bicyclic) bond motifs is 2. The Labute approximate surface area is 200 Å². The molecule has 0 saturated heterocycles. The summed E-state index contributed by atoms with van der Waals surface area (Å²) in [6.07, 6.45) is 2.29. The molecule has 1 N–H and O–H groups in total. The van der Waals surface area contributed by atoms with Crippen LogP contribution in [0.5, 0.6) is 0 Å². The monoisotopic (exact) mass is 453 g/mol. The highest BCUT2D eigenvalue weighted by Gasteiger charge is 2.25. The summed E-state index contributed by atoms with van der Waals surface area (Å²) in [5.41, 5.74) is 7.29. The molecule has 0 amide bonds. The molecule has 33 heavy (non-hydrogen) atoms. The van der Waals surface area contributed by atoms with Gasteiger partial charge < -0.3 is 10.0 Å². The van der Waals surface area contributed by atoms with E-state index in [1.54, 1.807) is 11.8 Å². The molecule has 2 heterocycles. The Bertz CT molecular complexity index is 1340. The number of para-hydroxylation sites is 1. The summed E-state index contributed by atoms with van der Waals surface area (Å²) in [5.74, 6) is 0.463. The van der Waals surface area contributed by atoms with Crippen LogP contribution in [0.25, 0.3) is 28.2 Å². The van der Waals surface area contributed by atoms with Gasteiger partial charge in [-0.3, -0.25) is 0 Å². The molecule has 1 aliphatic rings. The van der Waals surface area contributed by atoms with Gasteiger partial charge in [0.25, 0.3) is 0 Å². The first-order chi connectivity index (χ1) is 16.1. The standard InChI is InChI=1S/C29H29N2OS/c1-20(2)22-13-14-25-24(17-22)23(18-27(30(25)3)21-9-5-4-6-10-21)19-29-31(15-16-32)26-11-7-8-12-28(26)33-29/h4-14,17-20,32H,15-16H2,1-3H3/q+1. The van der Waals surface area contributed by atoms with Crippen molar-refractivity contribution >= 4 is 34.4 Å². The molecule has 166 valence electrons. The largest absolute Gasteiger partial charge is 0.395 e. The van der Waals surface area contributed by atoms with E-state index in [0.717, 1.165) is 5.03 Å². The number of rotatable bonds is 5. The molecule has 0 spiro atoms. The smallest absolute Gasteiger partial charge is 0.213 e. The fourth-order valence-electron chi connectivity index (χ4n) is 4.52. The van der Waals surface area contributed by atoms with Crippen LogP contribution in [0.1, 0.15) is 30.9 Å². The Morgan fingerprint density at radius 3 is 2.48 bits per heavy atom. The maximum atomic E-state index is 9.75. The zero-order chi connectivity index (χ0) is 22.9. The van der Waals surface area contributed by atoms with Gasteiger partial charge in [-0.15, -0.1) is 0 Å². The van der Waals surface area contributed by atoms with Gasteiger partial charge >= 0.3 is 0 Å². The molecule has 3 nitrogen and oxygen atoms in total. The lowest BCUT2D eigenvalue weighted by Gasteiger charge is -2.19. The number of nitrogens with zero attached hydrogens (tertiary/aromatic N) is 2. The second-order valence-electron chi connectivity index (χ2n) is 8.77. The minimum absolute atomic E-state index is 0.115. The van der Waals surface area contributed by atoms with E-state index in [9.17, 15) is 5.11 Å². The Morgan fingerprint density at radius 1 is 0.970 bits per heavy atom. The van der Waals surface area contributed by atoms with E-state index in [4.69, 9.17) is 0 Å². The lowest BCUT2D eigenvalue weighted by Crippen LogP contribution is -2.32. The van der Waals surface area contributed by atoms with Crippen LogP contribution < -0.4 is 9.47 Å². The summed E-state index contributed by atoms with van der Waals surface area (Å²) in [7, 11) is 2.15. The van der Waals surface area contributed by atoms with Crippen molar-refractivity contribution in [3.63, 3.8) is 0 Å². The molecule has 0 unspecified atom stereocenters. The van der Waals surface area contributed by atoms with Crippen LogP contribution in [-0.4, -0.2) is 18.3 Å². The molecule has 0 radical (unpaired) electrons. The van der Waals surface area contributed by atoms with Crippen molar-refractivity contribution < 1.29 is 9.67 Å². The lowest BCUT2D eigenvalue weighted by atomic mass is 9.97. The van der Waals surface area contributed by atoms with Crippen LogP contribution in [0.4, 0.5) is 5.69 Å². The molecule has 1 aliphatic heterocycles. The minimum Gasteiger partial charge on any atom is -0.395 e. The van der Waals surface area contributed by atoms with Crippen molar-refractivity contribution in [2.75, 3.05) is 18.1 Å². The fraction of sp³-hybridized carbons (Fsp3) is 0.207. The zero-order valence-corrected chi connectivity index (χ0v) is 20.1. The molecule has 0 aliphatic carbocycles. The van der Waals surface area contributed by atoms with Crippen LogP contribution in [0, 0.1) is 0 Å². The first-order valence-electron chi connectivity index (χ1n) is 11.5. The number of aliphatic hydroxyl groups excluding tert-OH is 1. The second-order valence-corrected chi connectivity index (χ2v) is 9.83. The third-order valence-electron chi connectivity index (χ3n) is 6.32. The highest BCUT2D eigenvalue weighted by Crippen LogP contribution is 2.46. The van der Waals surface area contributed by atoms with Gasteiger partial charge in [-0.25, -0.2) is 0 Å². The maximum Gasteiger partial charge on any atom is 0.213 e. The fourth-order valence-corrected chi connectivity index (χ4v) is 5.66. The van der Waals surface area contributed by atoms with E-state index in [0.29, 0.717) is 12.5 Å². The number of benzene rings is 3. The van der Waals surface area contributed by atoms with E-state index in [1.807, 2.05) is 0 Å². The second kappa shape index (κ2) is 9.05. The number of hydrogen-bond donors (Lipinski definition) is 1. The molecule has 0 saturated carbocycles. The van der Waals surface area contributed by atoms with E-state index < -0.39 is 0 Å². The molecule has 5 rings (SSSR count). The van der Waals surface area contributed by atoms with Gasteiger partial charge in [0.15, 0.2) is 0 Å². The summed E-state index contributed by atoms with van der Waals surface area (Å²) in [4.78, 5) is 3.46. The van der Waals surface area contributed by atoms with Crippen LogP contribution in [-0.2, 0) is 7.05 Å². The van der Waals surface area contributed by atoms with Gasteiger partial charge in [0.1, 0.15) is 7.05 Å². The van der Waals surface area contributed by atoms with Gasteiger partial charge in [0.2, 0.25) is 11.2 Å². The number of aromatic nitrogens is 1. The molecular weight excluding hydrogens is 424 g/mol. The number of thioether (sulfide) groups is 1. The average Bonchev–Trinajstić information content (AvgIpc) is 3.18. The molecule has 0 fully saturated rings. The number of hydrogen-bond acceptors (Lipinski definition) is 3. The Hall–Kier alpha value is -3.08. The van der Waals surface area contributed by atoms with Gasteiger partial charge in [-0.05, 0) is 53.5 Å². The molecule has 0 atom stereocenters. The maximum absolute atomic E-state index is 9.75. The number of β-amino-alcohol motifs (C(OH)–C–C–N with tert-alkyl or cyclic N) is 1. The number of anilines is 1. The van der Waals surface area contributed by atoms with E-state index in [-0.39, 0.29) is 6.61 Å². The summed E-state index contributed by atoms with van der Waals surface area (Å²) in [5, 5.41) is 12.1. The van der Waals surface area contributed by atoms with E-state index in [2.05, 4.69) is 115 Å². The normalized spacial score (nSPS) is 14.5. The lowest BCUT2D eigenvalue weighted by molar-refractivity contribution is -0.633. The number of aryl methyl sites for hydroxylation is 1. The van der Waals surface area contributed by atoms with Gasteiger partial charge in [0.05, 0.1) is 22.7 Å². The van der Waals surface area contributed by atoms with Crippen molar-refractivity contribution in [3.05, 3.63) is 95.0 Å². The molecule has 0 bridgehead atoms. The van der Waals surface area contributed by atoms with Gasteiger partial charge in [-0.2, -0.15) is 4.57 Å². The molecule has 1 aromatic heterocycles. The zero-order valence-electron chi connectivity index (χ0n) is 19.3. The molecule has 4 aromatic rings. The Morgan fingerprint density at radius 2 is 1.73 bits per heavy atom. The van der Waals surface area contributed by atoms with Crippen LogP contribution in [0.2, 0.25) is 0 Å². The summed E-state index contributed by atoms with van der Waals surface area (Å²) < 4.78 is 2.29. The predicted octanol–water partition coefficient (Wildman–Crippen LogP) is 6.36. The quantitative estimate of drug-likeness (QED) is 0.356. The average molecular weight is 454 g/mol. The number of aliphatic hydroxyl groups is 1. The minimum atomic E-state index is 0.115. The van der Waals surface area contributed by atoms with Crippen LogP contribution >= 0.6 is 11.8 Å². The Kier molecular flexibility index (Phi) is 5.96. The summed E-state index contributed by atoms with van der Waals surface area (Å²) >= 11 is 1.77. The van der Waals surface area contributed by atoms with Gasteiger partial charge in [0, 0.05) is 29.1 Å². The van der Waals surface area contributed by atoms with Crippen molar-refractivity contribution in [3.8, 4) is 11.3 Å². The third kappa shape index (κ3) is 4.05. The van der Waals surface area contributed by atoms with Crippen molar-refractivity contribution in [2.45, 2.75) is 24.7 Å². The molecule has 4 heteroatoms. The highest BCUT2D eigenvalue weighted by atomic mass is 32.2. The Balaban J connectivity index is 1.74. The molecular formula is C29H29N2OS+. The molecule has 3 aromatic carbocycles. The number of pyridine rings is 1. The van der Waals surface area contributed by atoms with Gasteiger partial charge in [-0.1, -0.05) is 62.0 Å². The summed E-state index contributed by atoms with van der Waals surface area (Å²) in [6, 6.07) is 28.1. The van der Waals surface area contributed by atoms with E-state index in [1.165, 1.54) is 43.9 Å². The SMILES string of the molecule is CC(C)c1ccc2c(c1)c(/C=C1/Sc3ccccc3N1CCO)cc(-c1ccccc1)[n+]2C. The predicted molar refractivity (Wildman–Crippen MR) is 139 cm³/mol. The van der Waals surface area contributed by atoms with Crippen LogP contribution in [0.3, 0.4) is 0 Å². The van der Waals surface area contributed by atoms with Crippen molar-refractivity contribution in [1.82, 2.24) is 0 Å². The van der Waals surface area contributed by atoms with E-state index >= 15 is 0 Å².